The van der Waals surface area contributed by atoms with Crippen molar-refractivity contribution in [3.8, 4) is 0 Å². The lowest BCUT2D eigenvalue weighted by molar-refractivity contribution is -0.253. The van der Waals surface area contributed by atoms with Gasteiger partial charge in [-0.3, -0.25) is 9.59 Å². The molecule has 0 aromatic heterocycles. The lowest BCUT2D eigenvalue weighted by Gasteiger charge is -2.52. The second-order valence-electron chi connectivity index (χ2n) is 15.6. The van der Waals surface area contributed by atoms with E-state index in [1.807, 2.05) is 72.8 Å². The molecule has 0 saturated carbocycles. The molecule has 2 N–H and O–H groups in total. The molecule has 1 aliphatic heterocycles. The lowest BCUT2D eigenvalue weighted by atomic mass is 9.96. The number of amides is 1. The number of carbonyl (C=O) groups is 2. The molecule has 4 aromatic rings. The molecule has 0 radical (unpaired) electrons. The first-order chi connectivity index (χ1) is 24.6. The number of hydrogen-bond donors (Lipinski definition) is 2. The molecule has 276 valence electrons. The molecular weight excluding hydrogens is 687 g/mol. The highest BCUT2D eigenvalue weighted by atomic mass is 28.4. The highest BCUT2D eigenvalue weighted by molar-refractivity contribution is 7.00. The predicted molar refractivity (Wildman–Crippen MR) is 210 cm³/mol. The molecule has 5 rings (SSSR count). The summed E-state index contributed by atoms with van der Waals surface area (Å²) in [5.41, 5.74) is 0. The van der Waals surface area contributed by atoms with Gasteiger partial charge in [-0.15, -0.1) is 0 Å². The van der Waals surface area contributed by atoms with Gasteiger partial charge in [-0.25, -0.2) is 0 Å². The molecule has 1 amide bonds. The van der Waals surface area contributed by atoms with Gasteiger partial charge in [0.2, 0.25) is 5.91 Å². The third kappa shape index (κ3) is 7.88. The van der Waals surface area contributed by atoms with Crippen LogP contribution in [0.2, 0.25) is 10.1 Å². The molecule has 52 heavy (non-hydrogen) atoms. The van der Waals surface area contributed by atoms with Crippen molar-refractivity contribution in [1.82, 2.24) is 5.32 Å². The molecule has 0 bridgehead atoms. The number of benzene rings is 4. The number of aliphatic hydroxyl groups excluding tert-OH is 1. The Kier molecular flexibility index (Phi) is 12.1. The van der Waals surface area contributed by atoms with Crippen LogP contribution < -0.4 is 26.1 Å². The molecule has 1 saturated heterocycles. The second-order valence-corrected chi connectivity index (χ2v) is 24.1. The smallest absolute Gasteiger partial charge is 0.303 e. The second kappa shape index (κ2) is 16.0. The average molecular weight is 740 g/mol. The quantitative estimate of drug-likeness (QED) is 0.171. The minimum atomic E-state index is -3.31. The van der Waals surface area contributed by atoms with Gasteiger partial charge in [-0.1, -0.05) is 163 Å². The van der Waals surface area contributed by atoms with E-state index in [1.54, 1.807) is 0 Å². The maximum atomic E-state index is 12.9. The summed E-state index contributed by atoms with van der Waals surface area (Å²) in [5.74, 6) is -0.979. The zero-order valence-electron chi connectivity index (χ0n) is 31.5. The van der Waals surface area contributed by atoms with E-state index in [4.69, 9.17) is 18.3 Å². The zero-order chi connectivity index (χ0) is 37.7. The van der Waals surface area contributed by atoms with E-state index in [-0.39, 0.29) is 11.6 Å². The number of hydrogen-bond acceptors (Lipinski definition) is 7. The Bertz CT molecular complexity index is 1680. The molecule has 0 unspecified atom stereocenters. The number of aliphatic hydroxyl groups is 1. The van der Waals surface area contributed by atoms with Gasteiger partial charge in [0, 0.05) is 13.8 Å². The normalized spacial score (nSPS) is 21.3. The van der Waals surface area contributed by atoms with Crippen molar-refractivity contribution in [1.29, 1.82) is 0 Å². The van der Waals surface area contributed by atoms with Crippen LogP contribution in [0.4, 0.5) is 0 Å². The summed E-state index contributed by atoms with van der Waals surface area (Å²) < 4.78 is 27.6. The van der Waals surface area contributed by atoms with Crippen LogP contribution in [0.3, 0.4) is 0 Å². The number of nitrogens with one attached hydrogen (secondary N) is 1. The highest BCUT2D eigenvalue weighted by Crippen LogP contribution is 2.41. The Labute approximate surface area is 310 Å². The van der Waals surface area contributed by atoms with Crippen molar-refractivity contribution in [2.75, 3.05) is 6.61 Å². The van der Waals surface area contributed by atoms with E-state index in [2.05, 4.69) is 95.4 Å². The van der Waals surface area contributed by atoms with Gasteiger partial charge in [0.05, 0.1) is 6.61 Å². The van der Waals surface area contributed by atoms with Gasteiger partial charge < -0.3 is 28.7 Å². The number of rotatable bonds is 11. The van der Waals surface area contributed by atoms with Gasteiger partial charge in [0.1, 0.15) is 18.2 Å². The summed E-state index contributed by atoms with van der Waals surface area (Å²) in [6, 6.07) is 39.8. The van der Waals surface area contributed by atoms with E-state index >= 15 is 0 Å². The van der Waals surface area contributed by atoms with Crippen molar-refractivity contribution >= 4 is 49.3 Å². The van der Waals surface area contributed by atoms with Crippen LogP contribution in [0.5, 0.6) is 0 Å². The molecule has 4 aromatic carbocycles. The molecule has 1 heterocycles. The first kappa shape index (κ1) is 39.3. The average Bonchev–Trinajstić information content (AvgIpc) is 3.10. The molecule has 8 nitrogen and oxygen atoms in total. The Morgan fingerprint density at radius 1 is 0.654 bits per heavy atom. The Morgan fingerprint density at radius 2 is 1.04 bits per heavy atom. The molecule has 5 atom stereocenters. The van der Waals surface area contributed by atoms with E-state index < -0.39 is 64.2 Å². The summed E-state index contributed by atoms with van der Waals surface area (Å²) >= 11 is 0. The highest BCUT2D eigenvalue weighted by Gasteiger charge is 2.58. The Balaban J connectivity index is 1.72. The molecular formula is C42H53NO7Si2. The van der Waals surface area contributed by atoms with Crippen LogP contribution in [0, 0.1) is 0 Å². The maximum Gasteiger partial charge on any atom is 0.303 e. The standard InChI is InChI=1S/C42H53NO7Si2/c1-30(44)43-37-39(48-31(2)45)38(50-52(42(6,7)8,34-25-17-11-18-26-34)35-27-19-12-20-28-35)36(49-40(37)46)29-47-51(41(3,4)5,32-21-13-9-14-22-32)33-23-15-10-16-24-33/h9-28,36-40,46H,29H2,1-8H3,(H,43,44)/t36-,37-,38-,39-,40-/m1/s1. The van der Waals surface area contributed by atoms with Crippen LogP contribution >= 0.6 is 0 Å². The minimum absolute atomic E-state index is 0.0117. The monoisotopic (exact) mass is 739 g/mol. The van der Waals surface area contributed by atoms with Crippen molar-refractivity contribution in [3.05, 3.63) is 121 Å². The third-order valence-corrected chi connectivity index (χ3v) is 20.0. The number of esters is 1. The molecule has 1 fully saturated rings. The van der Waals surface area contributed by atoms with Crippen LogP contribution in [-0.2, 0) is 27.9 Å². The van der Waals surface area contributed by atoms with Crippen molar-refractivity contribution in [2.45, 2.75) is 96.1 Å². The van der Waals surface area contributed by atoms with E-state index in [9.17, 15) is 14.7 Å². The van der Waals surface area contributed by atoms with Gasteiger partial charge in [0.15, 0.2) is 12.4 Å². The summed E-state index contributed by atoms with van der Waals surface area (Å²) in [5, 5.41) is 17.8. The van der Waals surface area contributed by atoms with Crippen LogP contribution in [0.1, 0.15) is 55.4 Å². The van der Waals surface area contributed by atoms with Crippen LogP contribution in [-0.4, -0.2) is 70.9 Å². The van der Waals surface area contributed by atoms with Gasteiger partial charge in [-0.2, -0.15) is 0 Å². The first-order valence-electron chi connectivity index (χ1n) is 17.9. The number of carbonyl (C=O) groups excluding carboxylic acids is 2. The van der Waals surface area contributed by atoms with Gasteiger partial charge in [0.25, 0.3) is 16.6 Å². The largest absolute Gasteiger partial charge is 0.457 e. The summed E-state index contributed by atoms with van der Waals surface area (Å²) in [4.78, 5) is 25.5. The van der Waals surface area contributed by atoms with Crippen molar-refractivity contribution in [2.24, 2.45) is 0 Å². The minimum Gasteiger partial charge on any atom is -0.457 e. The molecule has 0 spiro atoms. The van der Waals surface area contributed by atoms with Gasteiger partial charge in [-0.05, 0) is 30.8 Å². The van der Waals surface area contributed by atoms with Crippen molar-refractivity contribution < 1.29 is 33.0 Å². The summed E-state index contributed by atoms with van der Waals surface area (Å²) in [6.07, 6.45) is -4.50. The fourth-order valence-electron chi connectivity index (χ4n) is 7.78. The summed E-state index contributed by atoms with van der Waals surface area (Å²) in [7, 11) is -6.40. The van der Waals surface area contributed by atoms with Crippen LogP contribution in [0.25, 0.3) is 0 Å². The fraction of sp³-hybridized carbons (Fsp3) is 0.381. The van der Waals surface area contributed by atoms with Crippen molar-refractivity contribution in [3.63, 3.8) is 0 Å². The Hall–Kier alpha value is -3.91. The lowest BCUT2D eigenvalue weighted by Crippen LogP contribution is -2.74. The van der Waals surface area contributed by atoms with E-state index in [0.29, 0.717) is 0 Å². The Morgan fingerprint density at radius 3 is 1.38 bits per heavy atom. The predicted octanol–water partition coefficient (Wildman–Crippen LogP) is 4.66. The SMILES string of the molecule is CC(=O)N[C@@H]1[C@@H](OC(C)=O)[C@H](O[Si](c2ccccc2)(c2ccccc2)C(C)(C)C)[C@@H](CO[Si](c2ccccc2)(c2ccccc2)C(C)(C)C)O[C@H]1O. The van der Waals surface area contributed by atoms with E-state index in [0.717, 1.165) is 20.7 Å². The third-order valence-electron chi connectivity index (χ3n) is 9.95. The molecule has 1 aliphatic rings. The number of ether oxygens (including phenoxy) is 2. The maximum absolute atomic E-state index is 12.9. The topological polar surface area (TPSA) is 103 Å². The van der Waals surface area contributed by atoms with E-state index in [1.165, 1.54) is 13.8 Å². The first-order valence-corrected chi connectivity index (χ1v) is 21.7. The van der Waals surface area contributed by atoms with Crippen LogP contribution in [0.15, 0.2) is 121 Å². The molecule has 10 heteroatoms. The fourth-order valence-corrected chi connectivity index (χ4v) is 17.1. The molecule has 0 aliphatic carbocycles. The summed E-state index contributed by atoms with van der Waals surface area (Å²) in [6.45, 7) is 15.8. The van der Waals surface area contributed by atoms with Gasteiger partial charge >= 0.3 is 5.97 Å². The zero-order valence-corrected chi connectivity index (χ0v) is 33.5.